The molecule has 0 N–H and O–H groups in total. The van der Waals surface area contributed by atoms with Crippen LogP contribution in [-0.4, -0.2) is 48.4 Å². The van der Waals surface area contributed by atoms with Gasteiger partial charge in [0.25, 0.3) is 0 Å². The van der Waals surface area contributed by atoms with Gasteiger partial charge in [-0.15, -0.1) is 0 Å². The van der Waals surface area contributed by atoms with E-state index in [-0.39, 0.29) is 5.41 Å². The molecule has 0 saturated carbocycles. The van der Waals surface area contributed by atoms with Crippen molar-refractivity contribution < 1.29 is 4.79 Å². The van der Waals surface area contributed by atoms with Crippen LogP contribution in [0.1, 0.15) is 40.5 Å². The molecule has 0 aromatic carbocycles. The lowest BCUT2D eigenvalue weighted by Gasteiger charge is -2.35. The molecule has 1 fully saturated rings. The number of hydrogen-bond acceptors (Lipinski definition) is 2. The fourth-order valence-electron chi connectivity index (χ4n) is 2.10. The van der Waals surface area contributed by atoms with Crippen LogP contribution in [0.4, 0.5) is 0 Å². The van der Waals surface area contributed by atoms with Crippen molar-refractivity contribution in [3.63, 3.8) is 0 Å². The van der Waals surface area contributed by atoms with Gasteiger partial charge in [-0.05, 0) is 18.4 Å². The molecule has 0 spiro atoms. The third kappa shape index (κ3) is 4.52. The average molecular weight is 226 g/mol. The summed E-state index contributed by atoms with van der Waals surface area (Å²) in [4.78, 5) is 16.5. The van der Waals surface area contributed by atoms with Gasteiger partial charge in [-0.2, -0.15) is 0 Å². The molecule has 0 bridgehead atoms. The van der Waals surface area contributed by atoms with Gasteiger partial charge in [0.05, 0.1) is 0 Å². The quantitative estimate of drug-likeness (QED) is 0.734. The van der Waals surface area contributed by atoms with E-state index in [4.69, 9.17) is 0 Å². The average Bonchev–Trinajstić information content (AvgIpc) is 2.16. The summed E-state index contributed by atoms with van der Waals surface area (Å²) in [7, 11) is 0. The smallest absolute Gasteiger partial charge is 0.223 e. The molecule has 16 heavy (non-hydrogen) atoms. The van der Waals surface area contributed by atoms with E-state index in [1.807, 2.05) is 4.90 Å². The Morgan fingerprint density at radius 1 is 1.12 bits per heavy atom. The lowest BCUT2D eigenvalue weighted by molar-refractivity contribution is -0.134. The largest absolute Gasteiger partial charge is 0.340 e. The fourth-order valence-corrected chi connectivity index (χ4v) is 2.10. The number of rotatable bonds is 3. The van der Waals surface area contributed by atoms with Crippen LogP contribution < -0.4 is 0 Å². The summed E-state index contributed by atoms with van der Waals surface area (Å²) in [5.74, 6) is 0.323. The molecular formula is C13H26N2O. The SMILES string of the molecule is CCCN1CCN(C(=O)CC(C)(C)C)CC1. The number of piperazine rings is 1. The Bertz CT molecular complexity index is 225. The van der Waals surface area contributed by atoms with Crippen LogP contribution in [-0.2, 0) is 4.79 Å². The molecule has 3 nitrogen and oxygen atoms in total. The van der Waals surface area contributed by atoms with Gasteiger partial charge in [0, 0.05) is 32.6 Å². The summed E-state index contributed by atoms with van der Waals surface area (Å²) >= 11 is 0. The van der Waals surface area contributed by atoms with E-state index in [0.29, 0.717) is 12.3 Å². The highest BCUT2D eigenvalue weighted by Crippen LogP contribution is 2.20. The molecule has 1 aliphatic heterocycles. The van der Waals surface area contributed by atoms with E-state index >= 15 is 0 Å². The molecule has 3 heteroatoms. The third-order valence-corrected chi connectivity index (χ3v) is 2.95. The van der Waals surface area contributed by atoms with E-state index in [1.54, 1.807) is 0 Å². The number of carbonyl (C=O) groups excluding carboxylic acids is 1. The van der Waals surface area contributed by atoms with E-state index in [9.17, 15) is 4.79 Å². The van der Waals surface area contributed by atoms with Crippen LogP contribution in [0.2, 0.25) is 0 Å². The maximum Gasteiger partial charge on any atom is 0.223 e. The van der Waals surface area contributed by atoms with Crippen LogP contribution in [0, 0.1) is 5.41 Å². The Balaban J connectivity index is 2.33. The molecule has 1 heterocycles. The number of hydrogen-bond donors (Lipinski definition) is 0. The minimum absolute atomic E-state index is 0.109. The molecule has 0 aliphatic carbocycles. The number of nitrogens with zero attached hydrogens (tertiary/aromatic N) is 2. The van der Waals surface area contributed by atoms with Crippen molar-refractivity contribution >= 4 is 5.91 Å². The Kier molecular flexibility index (Phi) is 4.78. The standard InChI is InChI=1S/C13H26N2O/c1-5-6-14-7-9-15(10-8-14)12(16)11-13(2,3)4/h5-11H2,1-4H3. The zero-order valence-corrected chi connectivity index (χ0v) is 11.3. The first-order valence-electron chi connectivity index (χ1n) is 6.42. The van der Waals surface area contributed by atoms with Gasteiger partial charge in [0.1, 0.15) is 0 Å². The third-order valence-electron chi connectivity index (χ3n) is 2.95. The maximum atomic E-state index is 12.0. The summed E-state index contributed by atoms with van der Waals surface area (Å²) < 4.78 is 0. The van der Waals surface area contributed by atoms with Crippen molar-refractivity contribution in [2.24, 2.45) is 5.41 Å². The lowest BCUT2D eigenvalue weighted by Crippen LogP contribution is -2.49. The zero-order chi connectivity index (χ0) is 12.2. The molecule has 0 aromatic rings. The first-order valence-corrected chi connectivity index (χ1v) is 6.42. The van der Waals surface area contributed by atoms with E-state index < -0.39 is 0 Å². The van der Waals surface area contributed by atoms with Gasteiger partial charge in [-0.3, -0.25) is 9.69 Å². The zero-order valence-electron chi connectivity index (χ0n) is 11.3. The van der Waals surface area contributed by atoms with Crippen LogP contribution in [0.25, 0.3) is 0 Å². The van der Waals surface area contributed by atoms with Gasteiger partial charge < -0.3 is 4.90 Å². The van der Waals surface area contributed by atoms with Gasteiger partial charge in [-0.25, -0.2) is 0 Å². The van der Waals surface area contributed by atoms with Crippen molar-refractivity contribution in [2.45, 2.75) is 40.5 Å². The van der Waals surface area contributed by atoms with Crippen LogP contribution >= 0.6 is 0 Å². The fraction of sp³-hybridized carbons (Fsp3) is 0.923. The summed E-state index contributed by atoms with van der Waals surface area (Å²) in [6.45, 7) is 13.7. The number of amides is 1. The van der Waals surface area contributed by atoms with Gasteiger partial charge in [0.2, 0.25) is 5.91 Å². The lowest BCUT2D eigenvalue weighted by atomic mass is 9.91. The number of carbonyl (C=O) groups is 1. The van der Waals surface area contributed by atoms with E-state index in [0.717, 1.165) is 26.2 Å². The Morgan fingerprint density at radius 2 is 1.69 bits per heavy atom. The van der Waals surface area contributed by atoms with Crippen LogP contribution in [0.15, 0.2) is 0 Å². The monoisotopic (exact) mass is 226 g/mol. The normalized spacial score (nSPS) is 18.9. The highest BCUT2D eigenvalue weighted by atomic mass is 16.2. The molecular weight excluding hydrogens is 200 g/mol. The summed E-state index contributed by atoms with van der Waals surface area (Å²) in [5, 5.41) is 0. The second-order valence-electron chi connectivity index (χ2n) is 5.96. The van der Waals surface area contributed by atoms with Crippen molar-refractivity contribution in [3.05, 3.63) is 0 Å². The van der Waals surface area contributed by atoms with Crippen molar-refractivity contribution in [3.8, 4) is 0 Å². The summed E-state index contributed by atoms with van der Waals surface area (Å²) in [5.41, 5.74) is 0.109. The van der Waals surface area contributed by atoms with Gasteiger partial charge >= 0.3 is 0 Å². The molecule has 94 valence electrons. The Hall–Kier alpha value is -0.570. The van der Waals surface area contributed by atoms with Crippen LogP contribution in [0.5, 0.6) is 0 Å². The Labute approximate surface area is 99.8 Å². The summed E-state index contributed by atoms with van der Waals surface area (Å²) in [6, 6.07) is 0. The second-order valence-corrected chi connectivity index (χ2v) is 5.96. The van der Waals surface area contributed by atoms with Gasteiger partial charge in [0.15, 0.2) is 0 Å². The second kappa shape index (κ2) is 5.67. The topological polar surface area (TPSA) is 23.6 Å². The molecule has 1 amide bonds. The first kappa shape index (κ1) is 13.5. The first-order chi connectivity index (χ1) is 7.42. The maximum absolute atomic E-state index is 12.0. The molecule has 1 saturated heterocycles. The molecule has 1 aliphatic rings. The molecule has 0 radical (unpaired) electrons. The molecule has 0 atom stereocenters. The molecule has 1 rings (SSSR count). The Morgan fingerprint density at radius 3 is 2.12 bits per heavy atom. The predicted octanol–water partition coefficient (Wildman–Crippen LogP) is 1.98. The van der Waals surface area contributed by atoms with Crippen molar-refractivity contribution in [2.75, 3.05) is 32.7 Å². The van der Waals surface area contributed by atoms with Crippen molar-refractivity contribution in [1.29, 1.82) is 0 Å². The van der Waals surface area contributed by atoms with E-state index in [1.165, 1.54) is 13.0 Å². The highest BCUT2D eigenvalue weighted by molar-refractivity contribution is 5.76. The van der Waals surface area contributed by atoms with E-state index in [2.05, 4.69) is 32.6 Å². The molecule has 0 aromatic heterocycles. The van der Waals surface area contributed by atoms with Crippen LogP contribution in [0.3, 0.4) is 0 Å². The predicted molar refractivity (Wildman–Crippen MR) is 67.4 cm³/mol. The van der Waals surface area contributed by atoms with Gasteiger partial charge in [-0.1, -0.05) is 27.7 Å². The minimum Gasteiger partial charge on any atom is -0.340 e. The summed E-state index contributed by atoms with van der Waals surface area (Å²) in [6.07, 6.45) is 1.87. The highest BCUT2D eigenvalue weighted by Gasteiger charge is 2.24. The van der Waals surface area contributed by atoms with Crippen molar-refractivity contribution in [1.82, 2.24) is 9.80 Å². The molecule has 0 unspecified atom stereocenters. The minimum atomic E-state index is 0.109.